The molecule has 0 spiro atoms. The van der Waals surface area contributed by atoms with Gasteiger partial charge in [-0.2, -0.15) is 0 Å². The fourth-order valence-corrected chi connectivity index (χ4v) is 4.05. The van der Waals surface area contributed by atoms with Gasteiger partial charge in [0.2, 0.25) is 0 Å². The van der Waals surface area contributed by atoms with Crippen LogP contribution in [-0.2, 0) is 12.8 Å². The molecule has 1 aliphatic rings. The number of carbonyl (C=O) groups is 1. The Morgan fingerprint density at radius 2 is 2.00 bits per heavy atom. The van der Waals surface area contributed by atoms with Gasteiger partial charge in [-0.05, 0) is 49.7 Å². The van der Waals surface area contributed by atoms with E-state index in [1.165, 1.54) is 36.1 Å². The predicted octanol–water partition coefficient (Wildman–Crippen LogP) is 3.54. The molecule has 1 atom stereocenters. The number of carbonyl (C=O) groups excluding carboxylic acids is 1. The molecule has 0 aliphatic heterocycles. The van der Waals surface area contributed by atoms with E-state index >= 15 is 0 Å². The Balaban J connectivity index is 1.92. The third-order valence-electron chi connectivity index (χ3n) is 3.96. The molecule has 4 heteroatoms. The summed E-state index contributed by atoms with van der Waals surface area (Å²) in [6.45, 7) is 4.49. The first kappa shape index (κ1) is 16.5. The van der Waals surface area contributed by atoms with E-state index in [2.05, 4.69) is 25.2 Å². The fraction of sp³-hybridized carbons (Fsp3) is 0.706. The molecule has 21 heavy (non-hydrogen) atoms. The largest absolute Gasteiger partial charge is 0.391 e. The summed E-state index contributed by atoms with van der Waals surface area (Å²) in [5.74, 6) is 0.410. The highest BCUT2D eigenvalue weighted by Crippen LogP contribution is 2.28. The van der Waals surface area contributed by atoms with Gasteiger partial charge in [0, 0.05) is 11.4 Å². The maximum Gasteiger partial charge on any atom is 0.261 e. The lowest BCUT2D eigenvalue weighted by atomic mass is 10.00. The van der Waals surface area contributed by atoms with Crippen LogP contribution in [-0.4, -0.2) is 23.7 Å². The molecule has 3 nitrogen and oxygen atoms in total. The molecule has 1 aromatic heterocycles. The highest BCUT2D eigenvalue weighted by Gasteiger charge is 2.16. The Hall–Kier alpha value is -0.870. The average molecular weight is 309 g/mol. The van der Waals surface area contributed by atoms with Gasteiger partial charge in [0.05, 0.1) is 11.0 Å². The summed E-state index contributed by atoms with van der Waals surface area (Å²) >= 11 is 1.64. The zero-order chi connectivity index (χ0) is 15.2. The van der Waals surface area contributed by atoms with Crippen molar-refractivity contribution in [3.63, 3.8) is 0 Å². The molecule has 0 aromatic carbocycles. The predicted molar refractivity (Wildman–Crippen MR) is 88.0 cm³/mol. The van der Waals surface area contributed by atoms with Crippen LogP contribution in [0, 0.1) is 5.92 Å². The van der Waals surface area contributed by atoms with Crippen molar-refractivity contribution in [3.8, 4) is 0 Å². The Labute approximate surface area is 131 Å². The molecule has 1 aromatic rings. The summed E-state index contributed by atoms with van der Waals surface area (Å²) < 4.78 is 0. The van der Waals surface area contributed by atoms with Gasteiger partial charge in [0.15, 0.2) is 0 Å². The molecule has 1 amide bonds. The van der Waals surface area contributed by atoms with Crippen LogP contribution in [0.1, 0.15) is 66.1 Å². The van der Waals surface area contributed by atoms with Crippen molar-refractivity contribution in [3.05, 3.63) is 21.4 Å². The van der Waals surface area contributed by atoms with Crippen molar-refractivity contribution >= 4 is 17.2 Å². The molecule has 1 unspecified atom stereocenters. The minimum atomic E-state index is -0.449. The highest BCUT2D eigenvalue weighted by atomic mass is 32.1. The van der Waals surface area contributed by atoms with Crippen LogP contribution >= 0.6 is 11.3 Å². The van der Waals surface area contributed by atoms with Crippen LogP contribution < -0.4 is 5.32 Å². The summed E-state index contributed by atoms with van der Waals surface area (Å²) in [4.78, 5) is 14.4. The van der Waals surface area contributed by atoms with Gasteiger partial charge < -0.3 is 10.4 Å². The summed E-state index contributed by atoms with van der Waals surface area (Å²) in [6, 6.07) is 2.06. The van der Waals surface area contributed by atoms with Crippen LogP contribution in [0.25, 0.3) is 0 Å². The monoisotopic (exact) mass is 309 g/mol. The Bertz CT molecular complexity index is 442. The second-order valence-corrected chi connectivity index (χ2v) is 7.60. The molecule has 2 rings (SSSR count). The zero-order valence-electron chi connectivity index (χ0n) is 13.2. The van der Waals surface area contributed by atoms with Crippen LogP contribution in [0.2, 0.25) is 0 Å². The third-order valence-corrected chi connectivity index (χ3v) is 5.20. The summed E-state index contributed by atoms with van der Waals surface area (Å²) in [6.07, 6.45) is 7.58. The van der Waals surface area contributed by atoms with Gasteiger partial charge in [-0.1, -0.05) is 26.7 Å². The van der Waals surface area contributed by atoms with Crippen molar-refractivity contribution in [2.24, 2.45) is 5.92 Å². The van der Waals surface area contributed by atoms with E-state index in [1.54, 1.807) is 11.3 Å². The first-order valence-corrected chi connectivity index (χ1v) is 8.95. The van der Waals surface area contributed by atoms with Crippen molar-refractivity contribution < 1.29 is 9.90 Å². The minimum Gasteiger partial charge on any atom is -0.391 e. The van der Waals surface area contributed by atoms with Crippen molar-refractivity contribution in [1.29, 1.82) is 0 Å². The number of hydrogen-bond donors (Lipinski definition) is 2. The molecule has 118 valence electrons. The summed E-state index contributed by atoms with van der Waals surface area (Å²) in [7, 11) is 0. The molecule has 0 radical (unpaired) electrons. The topological polar surface area (TPSA) is 49.3 Å². The van der Waals surface area contributed by atoms with Crippen LogP contribution in [0.15, 0.2) is 6.07 Å². The van der Waals surface area contributed by atoms with Gasteiger partial charge in [-0.25, -0.2) is 0 Å². The number of fused-ring (bicyclic) bond motifs is 1. The lowest BCUT2D eigenvalue weighted by molar-refractivity contribution is 0.0904. The van der Waals surface area contributed by atoms with E-state index in [1.807, 2.05) is 0 Å². The van der Waals surface area contributed by atoms with Gasteiger partial charge >= 0.3 is 0 Å². The standard InChI is InChI=1S/C17H27NO2S/c1-12(2)9-14(19)11-18-17(20)16-10-13-7-5-3-4-6-8-15(13)21-16/h10,12,14,19H,3-9,11H2,1-2H3,(H,18,20). The quantitative estimate of drug-likeness (QED) is 0.874. The maximum atomic E-state index is 12.2. The van der Waals surface area contributed by atoms with Crippen molar-refractivity contribution in [2.75, 3.05) is 6.54 Å². The zero-order valence-corrected chi connectivity index (χ0v) is 14.0. The molecule has 0 saturated heterocycles. The van der Waals surface area contributed by atoms with Gasteiger partial charge in [0.25, 0.3) is 5.91 Å². The van der Waals surface area contributed by atoms with Gasteiger partial charge in [-0.3, -0.25) is 4.79 Å². The van der Waals surface area contributed by atoms with Gasteiger partial charge in [0.1, 0.15) is 0 Å². The van der Waals surface area contributed by atoms with Crippen LogP contribution in [0.3, 0.4) is 0 Å². The summed E-state index contributed by atoms with van der Waals surface area (Å²) in [5, 5.41) is 12.7. The number of rotatable bonds is 5. The Morgan fingerprint density at radius 3 is 2.71 bits per heavy atom. The van der Waals surface area contributed by atoms with E-state index in [4.69, 9.17) is 0 Å². The second kappa shape index (κ2) is 7.95. The molecule has 0 bridgehead atoms. The fourth-order valence-electron chi connectivity index (χ4n) is 2.88. The normalized spacial score (nSPS) is 17.0. The number of nitrogens with one attached hydrogen (secondary N) is 1. The second-order valence-electron chi connectivity index (χ2n) is 6.47. The third kappa shape index (κ3) is 5.11. The molecule has 0 fully saturated rings. The summed E-state index contributed by atoms with van der Waals surface area (Å²) in [5.41, 5.74) is 1.37. The average Bonchev–Trinajstić information content (AvgIpc) is 2.78. The first-order valence-electron chi connectivity index (χ1n) is 8.14. The molecular weight excluding hydrogens is 282 g/mol. The molecular formula is C17H27NO2S. The van der Waals surface area contributed by atoms with E-state index in [0.717, 1.165) is 24.1 Å². The first-order chi connectivity index (χ1) is 10.1. The van der Waals surface area contributed by atoms with E-state index in [9.17, 15) is 9.90 Å². The number of aryl methyl sites for hydroxylation is 2. The van der Waals surface area contributed by atoms with Crippen molar-refractivity contribution in [2.45, 2.75) is 64.9 Å². The van der Waals surface area contributed by atoms with E-state index in [0.29, 0.717) is 12.5 Å². The Morgan fingerprint density at radius 1 is 1.29 bits per heavy atom. The number of aliphatic hydroxyl groups excluding tert-OH is 1. The van der Waals surface area contributed by atoms with Crippen LogP contribution in [0.5, 0.6) is 0 Å². The maximum absolute atomic E-state index is 12.2. The number of hydrogen-bond acceptors (Lipinski definition) is 3. The molecule has 2 N–H and O–H groups in total. The number of aliphatic hydroxyl groups is 1. The smallest absolute Gasteiger partial charge is 0.261 e. The molecule has 0 saturated carbocycles. The number of thiophene rings is 1. The van der Waals surface area contributed by atoms with Crippen LogP contribution in [0.4, 0.5) is 0 Å². The number of amides is 1. The van der Waals surface area contributed by atoms with Crippen molar-refractivity contribution in [1.82, 2.24) is 5.32 Å². The lowest BCUT2D eigenvalue weighted by Crippen LogP contribution is -2.32. The Kier molecular flexibility index (Phi) is 6.24. The highest BCUT2D eigenvalue weighted by molar-refractivity contribution is 7.14. The molecule has 1 heterocycles. The van der Waals surface area contributed by atoms with E-state index < -0.39 is 6.10 Å². The van der Waals surface area contributed by atoms with Gasteiger partial charge in [-0.15, -0.1) is 11.3 Å². The lowest BCUT2D eigenvalue weighted by Gasteiger charge is -2.13. The SMILES string of the molecule is CC(C)CC(O)CNC(=O)c1cc2c(s1)CCCCCC2. The molecule has 1 aliphatic carbocycles. The minimum absolute atomic E-state index is 0.0328. The van der Waals surface area contributed by atoms with E-state index in [-0.39, 0.29) is 5.91 Å².